The van der Waals surface area contributed by atoms with Gasteiger partial charge in [0.2, 0.25) is 0 Å². The van der Waals surface area contributed by atoms with E-state index in [-0.39, 0.29) is 0 Å². The summed E-state index contributed by atoms with van der Waals surface area (Å²) < 4.78 is 0. The van der Waals surface area contributed by atoms with Crippen molar-refractivity contribution in [2.45, 2.75) is 13.3 Å². The molecule has 1 rings (SSSR count). The lowest BCUT2D eigenvalue weighted by Crippen LogP contribution is -1.86. The third-order valence-corrected chi connectivity index (χ3v) is 2.15. The van der Waals surface area contributed by atoms with E-state index in [2.05, 4.69) is 12.6 Å². The van der Waals surface area contributed by atoms with Crippen LogP contribution in [0.1, 0.15) is 18.1 Å². The first-order valence-corrected chi connectivity index (χ1v) is 5.22. The molecule has 0 unspecified atom stereocenters. The summed E-state index contributed by atoms with van der Waals surface area (Å²) in [5.41, 5.74) is 2.93. The fourth-order valence-corrected chi connectivity index (χ4v) is 1.32. The highest BCUT2D eigenvalue weighted by molar-refractivity contribution is 5.34. The molecule has 0 fully saturated rings. The molecule has 0 aliphatic heterocycles. The molecule has 0 N–H and O–H groups in total. The molecule has 16 heavy (non-hydrogen) atoms. The molecule has 0 heterocycles. The summed E-state index contributed by atoms with van der Waals surface area (Å²) in [7, 11) is 0. The van der Waals surface area contributed by atoms with Crippen molar-refractivity contribution in [2.24, 2.45) is 0 Å². The molecule has 0 radical (unpaired) electrons. The summed E-state index contributed by atoms with van der Waals surface area (Å²) >= 11 is 0. The first kappa shape index (κ1) is 12.0. The minimum absolute atomic E-state index is 0.693. The number of hydrogen-bond donors (Lipinski definition) is 0. The standard InChI is InChI=1S/C15H15N/c1-3-4-5-6-13(2)11-14-7-9-15(12-16)10-8-14/h3-10H,2,11H2,1H3/b4-3-,6-5-. The Morgan fingerprint density at radius 3 is 2.56 bits per heavy atom. The highest BCUT2D eigenvalue weighted by Gasteiger charge is 1.95. The van der Waals surface area contributed by atoms with Gasteiger partial charge in [0, 0.05) is 0 Å². The lowest BCUT2D eigenvalue weighted by molar-refractivity contribution is 1.20. The topological polar surface area (TPSA) is 23.8 Å². The minimum atomic E-state index is 0.693. The second-order valence-electron chi connectivity index (χ2n) is 3.53. The Kier molecular flexibility index (Phi) is 4.82. The zero-order chi connectivity index (χ0) is 11.8. The van der Waals surface area contributed by atoms with Gasteiger partial charge in [0.25, 0.3) is 0 Å². The van der Waals surface area contributed by atoms with Crippen LogP contribution in [0.25, 0.3) is 0 Å². The maximum Gasteiger partial charge on any atom is 0.0991 e. The third kappa shape index (κ3) is 3.98. The van der Waals surface area contributed by atoms with Crippen LogP contribution in [-0.4, -0.2) is 0 Å². The average Bonchev–Trinajstić information content (AvgIpc) is 2.30. The monoisotopic (exact) mass is 209 g/mol. The summed E-state index contributed by atoms with van der Waals surface area (Å²) in [5, 5.41) is 8.67. The Bertz CT molecular complexity index is 441. The minimum Gasteiger partial charge on any atom is -0.192 e. The molecule has 0 atom stereocenters. The van der Waals surface area contributed by atoms with Crippen molar-refractivity contribution in [3.8, 4) is 6.07 Å². The molecular weight excluding hydrogens is 194 g/mol. The quantitative estimate of drug-likeness (QED) is 0.692. The van der Waals surface area contributed by atoms with E-state index >= 15 is 0 Å². The molecule has 1 aromatic carbocycles. The smallest absolute Gasteiger partial charge is 0.0991 e. The van der Waals surface area contributed by atoms with Crippen molar-refractivity contribution in [3.05, 3.63) is 71.8 Å². The molecule has 0 aliphatic rings. The van der Waals surface area contributed by atoms with Crippen molar-refractivity contribution in [1.82, 2.24) is 0 Å². The molecule has 0 saturated carbocycles. The number of allylic oxidation sites excluding steroid dienone is 5. The van der Waals surface area contributed by atoms with Crippen LogP contribution >= 0.6 is 0 Å². The van der Waals surface area contributed by atoms with Gasteiger partial charge in [-0.15, -0.1) is 0 Å². The van der Waals surface area contributed by atoms with Gasteiger partial charge < -0.3 is 0 Å². The zero-order valence-electron chi connectivity index (χ0n) is 9.48. The molecular formula is C15H15N. The first-order chi connectivity index (χ1) is 7.76. The predicted molar refractivity (Wildman–Crippen MR) is 68.0 cm³/mol. The second kappa shape index (κ2) is 6.42. The molecule has 1 aromatic rings. The Hall–Kier alpha value is -2.07. The van der Waals surface area contributed by atoms with Gasteiger partial charge in [-0.05, 0) is 31.0 Å². The average molecular weight is 209 g/mol. The summed E-state index contributed by atoms with van der Waals surface area (Å²) in [4.78, 5) is 0. The van der Waals surface area contributed by atoms with E-state index in [0.717, 1.165) is 12.0 Å². The van der Waals surface area contributed by atoms with Gasteiger partial charge in [-0.3, -0.25) is 0 Å². The van der Waals surface area contributed by atoms with Crippen LogP contribution in [0.2, 0.25) is 0 Å². The highest BCUT2D eigenvalue weighted by atomic mass is 14.2. The van der Waals surface area contributed by atoms with E-state index < -0.39 is 0 Å². The Balaban J connectivity index is 2.60. The van der Waals surface area contributed by atoms with Gasteiger partial charge in [0.05, 0.1) is 11.6 Å². The molecule has 1 heteroatoms. The van der Waals surface area contributed by atoms with Crippen LogP contribution in [0.5, 0.6) is 0 Å². The third-order valence-electron chi connectivity index (χ3n) is 2.15. The van der Waals surface area contributed by atoms with E-state index in [1.54, 1.807) is 0 Å². The van der Waals surface area contributed by atoms with Gasteiger partial charge in [-0.2, -0.15) is 5.26 Å². The van der Waals surface area contributed by atoms with Crippen molar-refractivity contribution in [1.29, 1.82) is 5.26 Å². The largest absolute Gasteiger partial charge is 0.192 e. The molecule has 0 bridgehead atoms. The van der Waals surface area contributed by atoms with E-state index in [1.165, 1.54) is 5.56 Å². The normalized spacial score (nSPS) is 10.8. The Morgan fingerprint density at radius 1 is 1.31 bits per heavy atom. The van der Waals surface area contributed by atoms with E-state index in [9.17, 15) is 0 Å². The van der Waals surface area contributed by atoms with Crippen LogP contribution < -0.4 is 0 Å². The summed E-state index contributed by atoms with van der Waals surface area (Å²) in [6.07, 6.45) is 8.75. The number of hydrogen-bond acceptors (Lipinski definition) is 1. The van der Waals surface area contributed by atoms with Crippen molar-refractivity contribution in [2.75, 3.05) is 0 Å². The molecule has 80 valence electrons. The van der Waals surface area contributed by atoms with Gasteiger partial charge in [-0.1, -0.05) is 48.6 Å². The van der Waals surface area contributed by atoms with Crippen LogP contribution in [0.15, 0.2) is 60.7 Å². The number of rotatable bonds is 4. The molecule has 0 amide bonds. The summed E-state index contributed by atoms with van der Waals surface area (Å²) in [6.45, 7) is 5.96. The van der Waals surface area contributed by atoms with E-state index in [4.69, 9.17) is 5.26 Å². The number of benzene rings is 1. The fraction of sp³-hybridized carbons (Fsp3) is 0.133. The SMILES string of the molecule is C=C(/C=C\C=C/C)Cc1ccc(C#N)cc1. The van der Waals surface area contributed by atoms with Crippen molar-refractivity contribution in [3.63, 3.8) is 0 Å². The van der Waals surface area contributed by atoms with Crippen LogP contribution in [-0.2, 0) is 6.42 Å². The Morgan fingerprint density at radius 2 is 2.00 bits per heavy atom. The fourth-order valence-electron chi connectivity index (χ4n) is 1.32. The molecule has 0 spiro atoms. The van der Waals surface area contributed by atoms with E-state index in [0.29, 0.717) is 5.56 Å². The van der Waals surface area contributed by atoms with Gasteiger partial charge >= 0.3 is 0 Å². The second-order valence-corrected chi connectivity index (χ2v) is 3.53. The number of nitrogens with zero attached hydrogens (tertiary/aromatic N) is 1. The van der Waals surface area contributed by atoms with Crippen LogP contribution in [0, 0.1) is 11.3 Å². The van der Waals surface area contributed by atoms with Crippen LogP contribution in [0.4, 0.5) is 0 Å². The predicted octanol–water partition coefficient (Wildman–Crippen LogP) is 3.79. The number of nitriles is 1. The zero-order valence-corrected chi connectivity index (χ0v) is 9.48. The van der Waals surface area contributed by atoms with Crippen molar-refractivity contribution < 1.29 is 0 Å². The lowest BCUT2D eigenvalue weighted by atomic mass is 10.0. The van der Waals surface area contributed by atoms with Gasteiger partial charge in [0.1, 0.15) is 0 Å². The Labute approximate surface area is 97.0 Å². The van der Waals surface area contributed by atoms with Crippen molar-refractivity contribution >= 4 is 0 Å². The first-order valence-electron chi connectivity index (χ1n) is 5.22. The summed E-state index contributed by atoms with van der Waals surface area (Å²) in [6, 6.07) is 9.70. The highest BCUT2D eigenvalue weighted by Crippen LogP contribution is 2.09. The summed E-state index contributed by atoms with van der Waals surface area (Å²) in [5.74, 6) is 0. The van der Waals surface area contributed by atoms with Gasteiger partial charge in [-0.25, -0.2) is 0 Å². The lowest BCUT2D eigenvalue weighted by Gasteiger charge is -2.00. The molecule has 0 aromatic heterocycles. The van der Waals surface area contributed by atoms with Gasteiger partial charge in [0.15, 0.2) is 0 Å². The molecule has 0 aliphatic carbocycles. The molecule has 0 saturated heterocycles. The molecule has 1 nitrogen and oxygen atoms in total. The van der Waals surface area contributed by atoms with E-state index in [1.807, 2.05) is 55.5 Å². The maximum absolute atomic E-state index is 8.67. The van der Waals surface area contributed by atoms with Crippen LogP contribution in [0.3, 0.4) is 0 Å². The maximum atomic E-state index is 8.67.